The fraction of sp³-hybridized carbons (Fsp3) is 0.647. The monoisotopic (exact) mass is 260 g/mol. The van der Waals surface area contributed by atoms with Crippen molar-refractivity contribution in [1.29, 1.82) is 0 Å². The molecule has 1 aromatic carbocycles. The molecule has 1 N–H and O–H groups in total. The van der Waals surface area contributed by atoms with E-state index in [9.17, 15) is 0 Å². The first kappa shape index (κ1) is 14.4. The molecule has 1 fully saturated rings. The van der Waals surface area contributed by atoms with Crippen molar-refractivity contribution in [3.05, 3.63) is 29.8 Å². The number of benzene rings is 1. The van der Waals surface area contributed by atoms with Crippen LogP contribution in [0.2, 0.25) is 0 Å². The second-order valence-corrected chi connectivity index (χ2v) is 5.70. The summed E-state index contributed by atoms with van der Waals surface area (Å²) < 4.78 is 0. The summed E-state index contributed by atoms with van der Waals surface area (Å²) in [5.41, 5.74) is 2.70. The van der Waals surface area contributed by atoms with Crippen LogP contribution in [0, 0.1) is 6.92 Å². The zero-order valence-corrected chi connectivity index (χ0v) is 12.5. The summed E-state index contributed by atoms with van der Waals surface area (Å²) in [7, 11) is 0. The van der Waals surface area contributed by atoms with E-state index in [1.165, 1.54) is 56.4 Å². The van der Waals surface area contributed by atoms with Crippen LogP contribution in [-0.2, 0) is 0 Å². The van der Waals surface area contributed by atoms with Gasteiger partial charge in [0.2, 0.25) is 0 Å². The number of nitrogens with one attached hydrogen (secondary N) is 1. The Bertz CT molecular complexity index is 354. The first-order chi connectivity index (χ1) is 9.29. The van der Waals surface area contributed by atoms with E-state index in [0.29, 0.717) is 0 Å². The molecule has 1 aliphatic rings. The van der Waals surface area contributed by atoms with Gasteiger partial charge in [0.15, 0.2) is 0 Å². The number of hydrogen-bond donors (Lipinski definition) is 1. The van der Waals surface area contributed by atoms with E-state index < -0.39 is 0 Å². The van der Waals surface area contributed by atoms with Crippen molar-refractivity contribution in [3.63, 3.8) is 0 Å². The van der Waals surface area contributed by atoms with Crippen LogP contribution in [0.1, 0.15) is 44.6 Å². The van der Waals surface area contributed by atoms with Crippen molar-refractivity contribution in [2.24, 2.45) is 0 Å². The lowest BCUT2D eigenvalue weighted by Crippen LogP contribution is -2.24. The van der Waals surface area contributed by atoms with E-state index in [2.05, 4.69) is 48.3 Å². The molecule has 0 saturated heterocycles. The van der Waals surface area contributed by atoms with Crippen LogP contribution in [-0.4, -0.2) is 25.7 Å². The van der Waals surface area contributed by atoms with Gasteiger partial charge in [-0.2, -0.15) is 0 Å². The summed E-state index contributed by atoms with van der Waals surface area (Å²) in [6, 6.07) is 9.76. The summed E-state index contributed by atoms with van der Waals surface area (Å²) in [5, 5.41) is 3.58. The molecular formula is C17H28N2. The molecule has 1 aliphatic carbocycles. The largest absolute Gasteiger partial charge is 0.372 e. The average Bonchev–Trinajstić information content (AvgIpc) is 3.24. The van der Waals surface area contributed by atoms with Gasteiger partial charge < -0.3 is 10.2 Å². The number of nitrogens with zero attached hydrogens (tertiary/aromatic N) is 1. The fourth-order valence-corrected chi connectivity index (χ4v) is 2.42. The predicted molar refractivity (Wildman–Crippen MR) is 83.9 cm³/mol. The molecule has 0 aromatic heterocycles. The molecule has 19 heavy (non-hydrogen) atoms. The van der Waals surface area contributed by atoms with Crippen LogP contribution in [0.3, 0.4) is 0 Å². The van der Waals surface area contributed by atoms with Crippen LogP contribution in [0.15, 0.2) is 24.3 Å². The second kappa shape index (κ2) is 7.54. The van der Waals surface area contributed by atoms with Crippen LogP contribution in [0.4, 0.5) is 5.69 Å². The van der Waals surface area contributed by atoms with Crippen molar-refractivity contribution in [1.82, 2.24) is 5.32 Å². The minimum absolute atomic E-state index is 0.861. The first-order valence-corrected chi connectivity index (χ1v) is 7.84. The van der Waals surface area contributed by atoms with Gasteiger partial charge in [0.1, 0.15) is 0 Å². The second-order valence-electron chi connectivity index (χ2n) is 5.70. The molecule has 0 bridgehead atoms. The number of aryl methyl sites for hydroxylation is 1. The van der Waals surface area contributed by atoms with Gasteiger partial charge in [0.25, 0.3) is 0 Å². The van der Waals surface area contributed by atoms with Gasteiger partial charge >= 0.3 is 0 Å². The Balaban J connectivity index is 1.62. The van der Waals surface area contributed by atoms with Crippen LogP contribution in [0.25, 0.3) is 0 Å². The molecule has 2 rings (SSSR count). The van der Waals surface area contributed by atoms with Crippen molar-refractivity contribution >= 4 is 5.69 Å². The Labute approximate surface area is 118 Å². The lowest BCUT2D eigenvalue weighted by atomic mass is 10.2. The average molecular weight is 260 g/mol. The maximum absolute atomic E-state index is 3.58. The smallest absolute Gasteiger partial charge is 0.0366 e. The highest BCUT2D eigenvalue weighted by atomic mass is 15.1. The Kier molecular flexibility index (Phi) is 5.71. The third-order valence-corrected chi connectivity index (χ3v) is 3.90. The Morgan fingerprint density at radius 2 is 1.84 bits per heavy atom. The molecule has 0 atom stereocenters. The van der Waals surface area contributed by atoms with E-state index in [0.717, 1.165) is 12.6 Å². The minimum atomic E-state index is 0.861. The van der Waals surface area contributed by atoms with Gasteiger partial charge in [-0.3, -0.25) is 0 Å². The number of unbranched alkanes of at least 4 members (excludes halogenated alkanes) is 2. The SMILES string of the molecule is CCN(CCCCCNC1CC1)c1ccc(C)cc1. The molecule has 0 heterocycles. The maximum Gasteiger partial charge on any atom is 0.0366 e. The van der Waals surface area contributed by atoms with Gasteiger partial charge in [-0.25, -0.2) is 0 Å². The summed E-state index contributed by atoms with van der Waals surface area (Å²) in [6.07, 6.45) is 6.76. The van der Waals surface area contributed by atoms with E-state index >= 15 is 0 Å². The highest BCUT2D eigenvalue weighted by molar-refractivity contribution is 5.47. The molecule has 106 valence electrons. The summed E-state index contributed by atoms with van der Waals surface area (Å²) in [5.74, 6) is 0. The van der Waals surface area contributed by atoms with Crippen molar-refractivity contribution < 1.29 is 0 Å². The Morgan fingerprint density at radius 1 is 1.11 bits per heavy atom. The summed E-state index contributed by atoms with van der Waals surface area (Å²) >= 11 is 0. The number of rotatable bonds is 9. The van der Waals surface area contributed by atoms with Gasteiger partial charge in [-0.1, -0.05) is 24.1 Å². The molecule has 0 aliphatic heterocycles. The zero-order valence-electron chi connectivity index (χ0n) is 12.5. The van der Waals surface area contributed by atoms with Crippen LogP contribution < -0.4 is 10.2 Å². The Morgan fingerprint density at radius 3 is 2.47 bits per heavy atom. The van der Waals surface area contributed by atoms with Crippen LogP contribution in [0.5, 0.6) is 0 Å². The summed E-state index contributed by atoms with van der Waals surface area (Å²) in [4.78, 5) is 2.48. The topological polar surface area (TPSA) is 15.3 Å². The van der Waals surface area contributed by atoms with Crippen molar-refractivity contribution in [3.8, 4) is 0 Å². The zero-order chi connectivity index (χ0) is 13.5. The lowest BCUT2D eigenvalue weighted by Gasteiger charge is -2.23. The highest BCUT2D eigenvalue weighted by Crippen LogP contribution is 2.18. The van der Waals surface area contributed by atoms with Crippen molar-refractivity contribution in [2.45, 2.75) is 52.0 Å². The maximum atomic E-state index is 3.58. The normalized spacial score (nSPS) is 14.6. The predicted octanol–water partition coefficient (Wildman–Crippen LogP) is 3.74. The van der Waals surface area contributed by atoms with Gasteiger partial charge in [0, 0.05) is 24.8 Å². The third kappa shape index (κ3) is 5.23. The number of hydrogen-bond acceptors (Lipinski definition) is 2. The van der Waals surface area contributed by atoms with E-state index in [1.807, 2.05) is 0 Å². The lowest BCUT2D eigenvalue weighted by molar-refractivity contribution is 0.595. The standard InChI is InChI=1S/C17H28N2/c1-3-19(17-11-7-15(2)8-12-17)14-6-4-5-13-18-16-9-10-16/h7-8,11-12,16,18H,3-6,9-10,13-14H2,1-2H3. The molecule has 0 unspecified atom stereocenters. The molecule has 0 amide bonds. The van der Waals surface area contributed by atoms with Gasteiger partial charge in [-0.05, 0) is 58.2 Å². The summed E-state index contributed by atoms with van der Waals surface area (Å²) in [6.45, 7) is 7.88. The van der Waals surface area contributed by atoms with E-state index in [1.54, 1.807) is 0 Å². The molecule has 2 nitrogen and oxygen atoms in total. The molecular weight excluding hydrogens is 232 g/mol. The fourth-order valence-electron chi connectivity index (χ4n) is 2.42. The molecule has 0 radical (unpaired) electrons. The first-order valence-electron chi connectivity index (χ1n) is 7.84. The Hall–Kier alpha value is -1.02. The molecule has 2 heteroatoms. The molecule has 0 spiro atoms. The van der Waals surface area contributed by atoms with Gasteiger partial charge in [0.05, 0.1) is 0 Å². The van der Waals surface area contributed by atoms with E-state index in [-0.39, 0.29) is 0 Å². The molecule has 1 aromatic rings. The molecule has 1 saturated carbocycles. The van der Waals surface area contributed by atoms with Crippen LogP contribution >= 0.6 is 0 Å². The van der Waals surface area contributed by atoms with Crippen molar-refractivity contribution in [2.75, 3.05) is 24.5 Å². The quantitative estimate of drug-likeness (QED) is 0.680. The van der Waals surface area contributed by atoms with E-state index in [4.69, 9.17) is 0 Å². The third-order valence-electron chi connectivity index (χ3n) is 3.90. The van der Waals surface area contributed by atoms with Gasteiger partial charge in [-0.15, -0.1) is 0 Å². The highest BCUT2D eigenvalue weighted by Gasteiger charge is 2.19. The number of anilines is 1. The minimum Gasteiger partial charge on any atom is -0.372 e.